The van der Waals surface area contributed by atoms with Crippen LogP contribution in [0, 0.1) is 5.82 Å². The summed E-state index contributed by atoms with van der Waals surface area (Å²) in [4.78, 5) is 21.7. The average molecular weight is 478 g/mol. The number of hydrogen-bond donors (Lipinski definition) is 3. The summed E-state index contributed by atoms with van der Waals surface area (Å²) in [6.07, 6.45) is 4.69. The van der Waals surface area contributed by atoms with E-state index in [-0.39, 0.29) is 29.3 Å². The quantitative estimate of drug-likeness (QED) is 0.333. The number of nitrogens with one attached hydrogen (secondary N) is 1. The third-order valence-corrected chi connectivity index (χ3v) is 6.71. The zero-order chi connectivity index (χ0) is 24.0. The number of carbonyl (C=O) groups is 1. The molecule has 7 nitrogen and oxygen atoms in total. The lowest BCUT2D eigenvalue weighted by Gasteiger charge is -2.41. The van der Waals surface area contributed by atoms with Gasteiger partial charge < -0.3 is 26.0 Å². The van der Waals surface area contributed by atoms with Gasteiger partial charge in [0.1, 0.15) is 17.3 Å². The number of nitrogens with zero attached hydrogens (tertiary/aromatic N) is 3. The number of amidine groups is 1. The van der Waals surface area contributed by atoms with E-state index in [1.165, 1.54) is 18.3 Å². The van der Waals surface area contributed by atoms with Gasteiger partial charge in [0, 0.05) is 37.8 Å². The first-order valence-corrected chi connectivity index (χ1v) is 11.7. The number of amides is 1. The van der Waals surface area contributed by atoms with Gasteiger partial charge in [0.25, 0.3) is 5.91 Å². The SMILES string of the molecule is C=CNC(=NCc1ccc(Cl)c(F)c1)/C(C)=C(\N)C(=O)N1CCC(N2CCC(O)CC2)CC1. The van der Waals surface area contributed by atoms with Gasteiger partial charge in [-0.05, 0) is 56.5 Å². The Balaban J connectivity index is 1.64. The Labute approximate surface area is 199 Å². The number of piperidine rings is 2. The van der Waals surface area contributed by atoms with Gasteiger partial charge >= 0.3 is 0 Å². The van der Waals surface area contributed by atoms with Crippen LogP contribution in [0.15, 0.2) is 47.2 Å². The molecule has 2 fully saturated rings. The summed E-state index contributed by atoms with van der Waals surface area (Å²) in [5, 5.41) is 12.7. The van der Waals surface area contributed by atoms with Gasteiger partial charge in [-0.15, -0.1) is 0 Å². The molecule has 180 valence electrons. The van der Waals surface area contributed by atoms with Gasteiger partial charge in [-0.2, -0.15) is 0 Å². The Morgan fingerprint density at radius 3 is 2.58 bits per heavy atom. The first kappa shape index (κ1) is 25.2. The monoisotopic (exact) mass is 477 g/mol. The van der Waals surface area contributed by atoms with Crippen LogP contribution in [0.2, 0.25) is 5.02 Å². The fraction of sp³-hybridized carbons (Fsp3) is 0.500. The predicted molar refractivity (Wildman–Crippen MR) is 129 cm³/mol. The molecule has 3 rings (SSSR count). The number of hydrogen-bond acceptors (Lipinski definition) is 5. The number of aliphatic hydroxyl groups excluding tert-OH is 1. The summed E-state index contributed by atoms with van der Waals surface area (Å²) in [5.74, 6) is -0.308. The smallest absolute Gasteiger partial charge is 0.270 e. The molecule has 0 aromatic heterocycles. The predicted octanol–water partition coefficient (Wildman–Crippen LogP) is 2.79. The standard InChI is InChI=1S/C24H33ClFN5O2/c1-3-28-23(29-15-17-4-5-20(25)21(26)14-17)16(2)22(27)24(33)31-10-6-18(7-11-31)30-12-8-19(32)9-13-30/h3-5,14,18-19,32H,1,6-13,15,27H2,2H3,(H,28,29)/b22-16-. The van der Waals surface area contributed by atoms with E-state index in [0.717, 1.165) is 38.8 Å². The topological polar surface area (TPSA) is 94.2 Å². The van der Waals surface area contributed by atoms with Gasteiger partial charge in [0.05, 0.1) is 17.7 Å². The van der Waals surface area contributed by atoms with Crippen molar-refractivity contribution in [3.05, 3.63) is 58.7 Å². The lowest BCUT2D eigenvalue weighted by molar-refractivity contribution is -0.128. The molecule has 0 saturated carbocycles. The Kier molecular flexibility index (Phi) is 8.88. The minimum absolute atomic E-state index is 0.0553. The van der Waals surface area contributed by atoms with E-state index in [0.29, 0.717) is 36.1 Å². The fourth-order valence-electron chi connectivity index (χ4n) is 4.32. The molecule has 4 N–H and O–H groups in total. The minimum atomic E-state index is -0.506. The van der Waals surface area contributed by atoms with Crippen LogP contribution in [0.1, 0.15) is 38.2 Å². The van der Waals surface area contributed by atoms with Gasteiger partial charge in [-0.25, -0.2) is 4.39 Å². The lowest BCUT2D eigenvalue weighted by Crippen LogP contribution is -2.50. The number of aliphatic hydroxyl groups is 1. The zero-order valence-corrected chi connectivity index (χ0v) is 19.8. The van der Waals surface area contributed by atoms with Crippen LogP contribution in [0.5, 0.6) is 0 Å². The average Bonchev–Trinajstić information content (AvgIpc) is 2.83. The summed E-state index contributed by atoms with van der Waals surface area (Å²) in [6, 6.07) is 4.95. The van der Waals surface area contributed by atoms with Crippen LogP contribution in [0.25, 0.3) is 0 Å². The van der Waals surface area contributed by atoms with E-state index in [4.69, 9.17) is 17.3 Å². The van der Waals surface area contributed by atoms with Crippen molar-refractivity contribution in [2.75, 3.05) is 26.2 Å². The first-order chi connectivity index (χ1) is 15.8. The number of benzene rings is 1. The second kappa shape index (κ2) is 11.6. The van der Waals surface area contributed by atoms with E-state index in [2.05, 4.69) is 21.8 Å². The van der Waals surface area contributed by atoms with Crippen molar-refractivity contribution in [2.45, 2.75) is 51.3 Å². The number of rotatable bonds is 6. The molecule has 0 bridgehead atoms. The summed E-state index contributed by atoms with van der Waals surface area (Å²) in [6.45, 7) is 8.69. The Morgan fingerprint density at radius 2 is 1.97 bits per heavy atom. The Hall–Kier alpha value is -2.42. The largest absolute Gasteiger partial charge is 0.394 e. The van der Waals surface area contributed by atoms with Crippen LogP contribution in [0.4, 0.5) is 4.39 Å². The highest BCUT2D eigenvalue weighted by atomic mass is 35.5. The molecule has 1 aromatic rings. The number of likely N-dealkylation sites (tertiary alicyclic amines) is 2. The number of nitrogens with two attached hydrogens (primary N) is 1. The molecular weight excluding hydrogens is 445 g/mol. The number of halogens is 2. The minimum Gasteiger partial charge on any atom is -0.394 e. The molecule has 2 heterocycles. The first-order valence-electron chi connectivity index (χ1n) is 11.3. The maximum absolute atomic E-state index is 13.7. The highest BCUT2D eigenvalue weighted by Gasteiger charge is 2.30. The van der Waals surface area contributed by atoms with E-state index in [1.54, 1.807) is 17.9 Å². The van der Waals surface area contributed by atoms with E-state index in [1.807, 2.05) is 0 Å². The molecule has 2 aliphatic heterocycles. The van der Waals surface area contributed by atoms with Crippen molar-refractivity contribution in [3.63, 3.8) is 0 Å². The third-order valence-electron chi connectivity index (χ3n) is 6.40. The van der Waals surface area contributed by atoms with E-state index >= 15 is 0 Å². The van der Waals surface area contributed by atoms with Crippen molar-refractivity contribution in [3.8, 4) is 0 Å². The molecule has 9 heteroatoms. The van der Waals surface area contributed by atoms with Gasteiger partial charge in [0.15, 0.2) is 0 Å². The van der Waals surface area contributed by atoms with E-state index in [9.17, 15) is 14.3 Å². The Bertz CT molecular complexity index is 919. The summed E-state index contributed by atoms with van der Waals surface area (Å²) >= 11 is 5.74. The highest BCUT2D eigenvalue weighted by molar-refractivity contribution is 6.30. The molecule has 1 amide bonds. The van der Waals surface area contributed by atoms with Crippen molar-refractivity contribution in [1.29, 1.82) is 0 Å². The van der Waals surface area contributed by atoms with Gasteiger partial charge in [-0.3, -0.25) is 9.79 Å². The summed E-state index contributed by atoms with van der Waals surface area (Å²) in [5.41, 5.74) is 7.53. The van der Waals surface area contributed by atoms with Gasteiger partial charge in [-0.1, -0.05) is 24.2 Å². The van der Waals surface area contributed by atoms with Crippen LogP contribution >= 0.6 is 11.6 Å². The van der Waals surface area contributed by atoms with Crippen LogP contribution in [0.3, 0.4) is 0 Å². The summed E-state index contributed by atoms with van der Waals surface area (Å²) < 4.78 is 13.7. The molecule has 33 heavy (non-hydrogen) atoms. The summed E-state index contributed by atoms with van der Waals surface area (Å²) in [7, 11) is 0. The van der Waals surface area contributed by atoms with Crippen LogP contribution in [-0.2, 0) is 11.3 Å². The molecular formula is C24H33ClFN5O2. The Morgan fingerprint density at radius 1 is 1.30 bits per heavy atom. The molecule has 2 saturated heterocycles. The van der Waals surface area contributed by atoms with Crippen molar-refractivity contribution < 1.29 is 14.3 Å². The maximum Gasteiger partial charge on any atom is 0.270 e. The van der Waals surface area contributed by atoms with Crippen molar-refractivity contribution in [1.82, 2.24) is 15.1 Å². The number of aliphatic imine (C=N–C) groups is 1. The maximum atomic E-state index is 13.7. The molecule has 0 aliphatic carbocycles. The molecule has 0 radical (unpaired) electrons. The molecule has 0 spiro atoms. The molecule has 0 unspecified atom stereocenters. The zero-order valence-electron chi connectivity index (χ0n) is 19.1. The van der Waals surface area contributed by atoms with E-state index < -0.39 is 5.82 Å². The fourth-order valence-corrected chi connectivity index (χ4v) is 4.44. The second-order valence-electron chi connectivity index (χ2n) is 8.59. The molecule has 2 aliphatic rings. The highest BCUT2D eigenvalue weighted by Crippen LogP contribution is 2.22. The number of carbonyl (C=O) groups excluding carboxylic acids is 1. The van der Waals surface area contributed by atoms with Crippen molar-refractivity contribution >= 4 is 23.3 Å². The van der Waals surface area contributed by atoms with Crippen LogP contribution < -0.4 is 11.1 Å². The van der Waals surface area contributed by atoms with Crippen LogP contribution in [-0.4, -0.2) is 65.0 Å². The lowest BCUT2D eigenvalue weighted by atomic mass is 9.98. The third kappa shape index (κ3) is 6.56. The molecule has 0 atom stereocenters. The second-order valence-corrected chi connectivity index (χ2v) is 9.00. The van der Waals surface area contributed by atoms with Gasteiger partial charge in [0.2, 0.25) is 0 Å². The normalized spacial score (nSPS) is 19.9. The van der Waals surface area contributed by atoms with Crippen molar-refractivity contribution in [2.24, 2.45) is 10.7 Å². The molecule has 1 aromatic carbocycles.